The minimum Gasteiger partial charge on any atom is -0.493 e. The largest absolute Gasteiger partial charge is 0.493 e. The first-order chi connectivity index (χ1) is 7.33. The van der Waals surface area contributed by atoms with Crippen LogP contribution in [0.2, 0.25) is 0 Å². The molecular formula is C13H14O2. The molecule has 1 aliphatic carbocycles. The molecule has 2 nitrogen and oxygen atoms in total. The van der Waals surface area contributed by atoms with Gasteiger partial charge in [-0.2, -0.15) is 0 Å². The highest BCUT2D eigenvalue weighted by molar-refractivity contribution is 5.47. The van der Waals surface area contributed by atoms with E-state index in [2.05, 4.69) is 5.92 Å². The summed E-state index contributed by atoms with van der Waals surface area (Å²) in [6, 6.07) is 5.54. The number of hydrogen-bond acceptors (Lipinski definition) is 2. The summed E-state index contributed by atoms with van der Waals surface area (Å²) in [6.07, 6.45) is 7.88. The van der Waals surface area contributed by atoms with Crippen molar-refractivity contribution >= 4 is 0 Å². The van der Waals surface area contributed by atoms with Gasteiger partial charge in [-0.25, -0.2) is 0 Å². The summed E-state index contributed by atoms with van der Waals surface area (Å²) in [6.45, 7) is 0.768. The first kappa shape index (κ1) is 9.92. The van der Waals surface area contributed by atoms with Crippen LogP contribution < -0.4 is 9.47 Å². The average Bonchev–Trinajstić information content (AvgIpc) is 3.09. The lowest BCUT2D eigenvalue weighted by Crippen LogP contribution is -2.01. The summed E-state index contributed by atoms with van der Waals surface area (Å²) in [4.78, 5) is 0. The number of terminal acetylenes is 1. The normalized spacial score (nSPS) is 14.4. The van der Waals surface area contributed by atoms with E-state index < -0.39 is 0 Å². The van der Waals surface area contributed by atoms with E-state index in [1.807, 2.05) is 18.2 Å². The molecule has 1 aromatic carbocycles. The van der Waals surface area contributed by atoms with Gasteiger partial charge in [-0.05, 0) is 37.0 Å². The topological polar surface area (TPSA) is 18.5 Å². The molecule has 0 spiro atoms. The molecule has 15 heavy (non-hydrogen) atoms. The van der Waals surface area contributed by atoms with Crippen LogP contribution in [0, 0.1) is 18.3 Å². The number of ether oxygens (including phenoxy) is 2. The maximum Gasteiger partial charge on any atom is 0.162 e. The number of hydrogen-bond donors (Lipinski definition) is 0. The molecule has 1 saturated carbocycles. The second kappa shape index (κ2) is 4.27. The first-order valence-corrected chi connectivity index (χ1v) is 5.11. The third-order valence-electron chi connectivity index (χ3n) is 2.50. The smallest absolute Gasteiger partial charge is 0.162 e. The molecule has 0 radical (unpaired) electrons. The van der Waals surface area contributed by atoms with Gasteiger partial charge in [0, 0.05) is 5.56 Å². The van der Waals surface area contributed by atoms with Gasteiger partial charge in [0.25, 0.3) is 0 Å². The minimum atomic E-state index is 0.726. The minimum absolute atomic E-state index is 0.726. The van der Waals surface area contributed by atoms with Crippen molar-refractivity contribution in [1.29, 1.82) is 0 Å². The molecule has 0 heterocycles. The van der Waals surface area contributed by atoms with Crippen LogP contribution in [0.4, 0.5) is 0 Å². The molecule has 0 bridgehead atoms. The molecule has 1 aromatic rings. The van der Waals surface area contributed by atoms with E-state index in [0.29, 0.717) is 0 Å². The van der Waals surface area contributed by atoms with Crippen LogP contribution in [0.15, 0.2) is 18.2 Å². The van der Waals surface area contributed by atoms with Gasteiger partial charge in [0.1, 0.15) is 0 Å². The van der Waals surface area contributed by atoms with Gasteiger partial charge in [0.05, 0.1) is 13.7 Å². The second-order valence-corrected chi connectivity index (χ2v) is 3.76. The van der Waals surface area contributed by atoms with Crippen LogP contribution in [0.3, 0.4) is 0 Å². The molecule has 1 fully saturated rings. The fraction of sp³-hybridized carbons (Fsp3) is 0.385. The summed E-state index contributed by atoms with van der Waals surface area (Å²) in [7, 11) is 1.63. The molecular weight excluding hydrogens is 188 g/mol. The van der Waals surface area contributed by atoms with E-state index in [4.69, 9.17) is 15.9 Å². The van der Waals surface area contributed by atoms with Gasteiger partial charge < -0.3 is 9.47 Å². The van der Waals surface area contributed by atoms with E-state index in [-0.39, 0.29) is 0 Å². The van der Waals surface area contributed by atoms with Crippen molar-refractivity contribution < 1.29 is 9.47 Å². The van der Waals surface area contributed by atoms with Crippen molar-refractivity contribution in [1.82, 2.24) is 0 Å². The predicted molar refractivity (Wildman–Crippen MR) is 59.1 cm³/mol. The molecule has 2 rings (SSSR count). The van der Waals surface area contributed by atoms with E-state index in [9.17, 15) is 0 Å². The lowest BCUT2D eigenvalue weighted by molar-refractivity contribution is 0.280. The maximum atomic E-state index is 5.67. The molecule has 0 aromatic heterocycles. The first-order valence-electron chi connectivity index (χ1n) is 5.11. The van der Waals surface area contributed by atoms with Crippen molar-refractivity contribution in [3.63, 3.8) is 0 Å². The third kappa shape index (κ3) is 2.44. The Kier molecular flexibility index (Phi) is 2.82. The Balaban J connectivity index is 2.13. The van der Waals surface area contributed by atoms with Gasteiger partial charge in [-0.3, -0.25) is 0 Å². The number of methoxy groups -OCH3 is 1. The molecule has 1 aliphatic rings. The van der Waals surface area contributed by atoms with Crippen LogP contribution in [-0.2, 0) is 0 Å². The molecule has 0 saturated heterocycles. The highest BCUT2D eigenvalue weighted by Crippen LogP contribution is 2.33. The van der Waals surface area contributed by atoms with Crippen molar-refractivity contribution in [2.45, 2.75) is 12.8 Å². The summed E-state index contributed by atoms with van der Waals surface area (Å²) in [5.74, 6) is 4.81. The molecule has 0 aliphatic heterocycles. The lowest BCUT2D eigenvalue weighted by Gasteiger charge is -2.10. The zero-order chi connectivity index (χ0) is 10.7. The van der Waals surface area contributed by atoms with E-state index in [1.54, 1.807) is 7.11 Å². The lowest BCUT2D eigenvalue weighted by atomic mass is 10.2. The van der Waals surface area contributed by atoms with E-state index in [0.717, 1.165) is 29.6 Å². The van der Waals surface area contributed by atoms with Crippen molar-refractivity contribution in [2.24, 2.45) is 5.92 Å². The Labute approximate surface area is 90.2 Å². The second-order valence-electron chi connectivity index (χ2n) is 3.76. The average molecular weight is 202 g/mol. The summed E-state index contributed by atoms with van der Waals surface area (Å²) in [5, 5.41) is 0. The molecule has 0 amide bonds. The fourth-order valence-electron chi connectivity index (χ4n) is 1.37. The SMILES string of the molecule is C#Cc1ccc(OC)c(OCC2CC2)c1. The Morgan fingerprint density at radius 2 is 2.20 bits per heavy atom. The summed E-state index contributed by atoms with van der Waals surface area (Å²) < 4.78 is 10.9. The quantitative estimate of drug-likeness (QED) is 0.698. The Bertz CT molecular complexity index is 386. The number of benzene rings is 1. The van der Waals surface area contributed by atoms with Crippen LogP contribution in [0.5, 0.6) is 11.5 Å². The number of rotatable bonds is 4. The van der Waals surface area contributed by atoms with Gasteiger partial charge in [0.2, 0.25) is 0 Å². The Morgan fingerprint density at radius 3 is 2.80 bits per heavy atom. The molecule has 78 valence electrons. The summed E-state index contributed by atoms with van der Waals surface area (Å²) >= 11 is 0. The zero-order valence-corrected chi connectivity index (χ0v) is 8.82. The van der Waals surface area contributed by atoms with E-state index >= 15 is 0 Å². The highest BCUT2D eigenvalue weighted by atomic mass is 16.5. The van der Waals surface area contributed by atoms with Crippen LogP contribution in [0.1, 0.15) is 18.4 Å². The third-order valence-corrected chi connectivity index (χ3v) is 2.50. The van der Waals surface area contributed by atoms with Crippen LogP contribution in [-0.4, -0.2) is 13.7 Å². The Hall–Kier alpha value is -1.62. The zero-order valence-electron chi connectivity index (χ0n) is 8.82. The van der Waals surface area contributed by atoms with Gasteiger partial charge in [-0.1, -0.05) is 5.92 Å². The maximum absolute atomic E-state index is 5.67. The molecule has 0 unspecified atom stereocenters. The van der Waals surface area contributed by atoms with Crippen molar-refractivity contribution in [3.05, 3.63) is 23.8 Å². The molecule has 0 N–H and O–H groups in total. The molecule has 2 heteroatoms. The monoisotopic (exact) mass is 202 g/mol. The fourth-order valence-corrected chi connectivity index (χ4v) is 1.37. The van der Waals surface area contributed by atoms with Crippen molar-refractivity contribution in [3.8, 4) is 23.8 Å². The van der Waals surface area contributed by atoms with Gasteiger partial charge in [0.15, 0.2) is 11.5 Å². The van der Waals surface area contributed by atoms with Crippen LogP contribution in [0.25, 0.3) is 0 Å². The van der Waals surface area contributed by atoms with Crippen LogP contribution >= 0.6 is 0 Å². The highest BCUT2D eigenvalue weighted by Gasteiger charge is 2.22. The molecule has 0 atom stereocenters. The van der Waals surface area contributed by atoms with E-state index in [1.165, 1.54) is 12.8 Å². The van der Waals surface area contributed by atoms with Gasteiger partial charge >= 0.3 is 0 Å². The Morgan fingerprint density at radius 1 is 1.40 bits per heavy atom. The van der Waals surface area contributed by atoms with Crippen molar-refractivity contribution in [2.75, 3.05) is 13.7 Å². The standard InChI is InChI=1S/C13H14O2/c1-3-10-6-7-12(14-2)13(8-10)15-9-11-4-5-11/h1,6-8,11H,4-5,9H2,2H3. The van der Waals surface area contributed by atoms with Gasteiger partial charge in [-0.15, -0.1) is 6.42 Å². The predicted octanol–water partition coefficient (Wildman–Crippen LogP) is 2.47. The summed E-state index contributed by atoms with van der Waals surface area (Å²) in [5.41, 5.74) is 0.821.